The van der Waals surface area contributed by atoms with Crippen LogP contribution in [0.1, 0.15) is 24.8 Å². The normalized spacial score (nSPS) is 27.9. The van der Waals surface area contributed by atoms with Gasteiger partial charge in [0.1, 0.15) is 0 Å². The van der Waals surface area contributed by atoms with Crippen LogP contribution in [0.4, 0.5) is 0 Å². The highest BCUT2D eigenvalue weighted by atomic mass is 16.5. The SMILES string of the molecule is O=C(/C=C/[C@@H]1C[C@H]1Cc1ccccc1)NCC1CCCO1. The third-order valence-corrected chi connectivity index (χ3v) is 4.34. The summed E-state index contributed by atoms with van der Waals surface area (Å²) in [5.41, 5.74) is 1.39. The summed E-state index contributed by atoms with van der Waals surface area (Å²) in [6.07, 6.45) is 8.47. The van der Waals surface area contributed by atoms with Crippen molar-refractivity contribution in [2.24, 2.45) is 11.8 Å². The Morgan fingerprint density at radius 1 is 1.33 bits per heavy atom. The number of hydrogen-bond donors (Lipinski definition) is 1. The molecule has 1 heterocycles. The maximum Gasteiger partial charge on any atom is 0.243 e. The summed E-state index contributed by atoms with van der Waals surface area (Å²) < 4.78 is 5.49. The lowest BCUT2D eigenvalue weighted by Gasteiger charge is -2.08. The largest absolute Gasteiger partial charge is 0.376 e. The minimum Gasteiger partial charge on any atom is -0.376 e. The smallest absolute Gasteiger partial charge is 0.243 e. The van der Waals surface area contributed by atoms with E-state index in [1.54, 1.807) is 6.08 Å². The fraction of sp³-hybridized carbons (Fsp3) is 0.500. The molecule has 1 amide bonds. The topological polar surface area (TPSA) is 38.3 Å². The summed E-state index contributed by atoms with van der Waals surface area (Å²) >= 11 is 0. The van der Waals surface area contributed by atoms with Gasteiger partial charge in [-0.15, -0.1) is 0 Å². The average molecular weight is 285 g/mol. The monoisotopic (exact) mass is 285 g/mol. The second kappa shape index (κ2) is 6.90. The zero-order valence-corrected chi connectivity index (χ0v) is 12.3. The maximum atomic E-state index is 11.7. The number of allylic oxidation sites excluding steroid dienone is 1. The highest BCUT2D eigenvalue weighted by Crippen LogP contribution is 2.42. The van der Waals surface area contributed by atoms with Gasteiger partial charge in [0, 0.05) is 13.2 Å². The van der Waals surface area contributed by atoms with E-state index in [4.69, 9.17) is 4.74 Å². The van der Waals surface area contributed by atoms with Crippen LogP contribution in [0, 0.1) is 11.8 Å². The molecule has 0 bridgehead atoms. The van der Waals surface area contributed by atoms with Crippen molar-refractivity contribution in [1.82, 2.24) is 5.32 Å². The Morgan fingerprint density at radius 2 is 2.19 bits per heavy atom. The number of ether oxygens (including phenoxy) is 1. The van der Waals surface area contributed by atoms with Crippen LogP contribution in [0.5, 0.6) is 0 Å². The van der Waals surface area contributed by atoms with Crippen molar-refractivity contribution in [2.75, 3.05) is 13.2 Å². The van der Waals surface area contributed by atoms with Gasteiger partial charge in [-0.05, 0) is 49.2 Å². The number of benzene rings is 1. The first-order valence-corrected chi connectivity index (χ1v) is 7.93. The van der Waals surface area contributed by atoms with E-state index in [0.717, 1.165) is 25.9 Å². The molecule has 2 aliphatic rings. The molecule has 0 radical (unpaired) electrons. The Bertz CT molecular complexity index is 491. The Balaban J connectivity index is 1.36. The van der Waals surface area contributed by atoms with Gasteiger partial charge < -0.3 is 10.1 Å². The van der Waals surface area contributed by atoms with Crippen molar-refractivity contribution in [3.05, 3.63) is 48.0 Å². The lowest BCUT2D eigenvalue weighted by Crippen LogP contribution is -2.30. The van der Waals surface area contributed by atoms with Crippen molar-refractivity contribution in [1.29, 1.82) is 0 Å². The molecule has 3 nitrogen and oxygen atoms in total. The molecule has 1 saturated heterocycles. The quantitative estimate of drug-likeness (QED) is 0.816. The van der Waals surface area contributed by atoms with Gasteiger partial charge in [0.05, 0.1) is 6.10 Å². The predicted molar refractivity (Wildman–Crippen MR) is 82.9 cm³/mol. The van der Waals surface area contributed by atoms with Crippen LogP contribution in [-0.4, -0.2) is 25.2 Å². The maximum absolute atomic E-state index is 11.7. The number of amides is 1. The average Bonchev–Trinajstić information content (AvgIpc) is 3.02. The van der Waals surface area contributed by atoms with E-state index in [9.17, 15) is 4.79 Å². The third kappa shape index (κ3) is 4.43. The molecule has 3 heteroatoms. The highest BCUT2D eigenvalue weighted by molar-refractivity contribution is 5.87. The number of rotatable bonds is 6. The van der Waals surface area contributed by atoms with Crippen LogP contribution in [0.25, 0.3) is 0 Å². The summed E-state index contributed by atoms with van der Waals surface area (Å²) in [4.78, 5) is 11.7. The molecule has 112 valence electrons. The number of carbonyl (C=O) groups excluding carboxylic acids is 1. The first-order valence-electron chi connectivity index (χ1n) is 7.93. The predicted octanol–water partition coefficient (Wildman–Crippen LogP) is 2.72. The van der Waals surface area contributed by atoms with Crippen molar-refractivity contribution >= 4 is 5.91 Å². The summed E-state index contributed by atoms with van der Waals surface area (Å²) in [6.45, 7) is 1.47. The van der Waals surface area contributed by atoms with Crippen LogP contribution in [0.15, 0.2) is 42.5 Å². The van der Waals surface area contributed by atoms with Gasteiger partial charge in [0.2, 0.25) is 5.91 Å². The Hall–Kier alpha value is -1.61. The molecular formula is C18H23NO2. The summed E-state index contributed by atoms with van der Waals surface area (Å²) in [6, 6.07) is 10.6. The van der Waals surface area contributed by atoms with E-state index in [2.05, 4.69) is 35.7 Å². The van der Waals surface area contributed by atoms with Gasteiger partial charge in [0.15, 0.2) is 0 Å². The minimum atomic E-state index is 0.0101. The van der Waals surface area contributed by atoms with Crippen molar-refractivity contribution < 1.29 is 9.53 Å². The first kappa shape index (κ1) is 14.3. The molecule has 1 aromatic rings. The fourth-order valence-corrected chi connectivity index (χ4v) is 2.95. The molecule has 21 heavy (non-hydrogen) atoms. The summed E-state index contributed by atoms with van der Waals surface area (Å²) in [7, 11) is 0. The van der Waals surface area contributed by atoms with Crippen molar-refractivity contribution in [2.45, 2.75) is 31.8 Å². The molecule has 1 N–H and O–H groups in total. The second-order valence-corrected chi connectivity index (χ2v) is 6.09. The van der Waals surface area contributed by atoms with Gasteiger partial charge in [-0.2, -0.15) is 0 Å². The molecular weight excluding hydrogens is 262 g/mol. The fourth-order valence-electron chi connectivity index (χ4n) is 2.95. The highest BCUT2D eigenvalue weighted by Gasteiger charge is 2.34. The first-order chi connectivity index (χ1) is 10.3. The molecule has 3 atom stereocenters. The summed E-state index contributed by atoms with van der Waals surface area (Å²) in [5, 5.41) is 2.92. The summed E-state index contributed by atoms with van der Waals surface area (Å²) in [5.74, 6) is 1.28. The molecule has 1 saturated carbocycles. The molecule has 1 aliphatic carbocycles. The van der Waals surface area contributed by atoms with E-state index in [0.29, 0.717) is 18.4 Å². The van der Waals surface area contributed by atoms with Gasteiger partial charge in [-0.3, -0.25) is 4.79 Å². The van der Waals surface area contributed by atoms with Gasteiger partial charge in [-0.1, -0.05) is 36.4 Å². The van der Waals surface area contributed by atoms with E-state index in [-0.39, 0.29) is 12.0 Å². The second-order valence-electron chi connectivity index (χ2n) is 6.09. The van der Waals surface area contributed by atoms with E-state index in [1.165, 1.54) is 12.0 Å². The zero-order chi connectivity index (χ0) is 14.5. The standard InChI is InChI=1S/C18H23NO2/c20-18(19-13-17-7-4-10-21-17)9-8-15-12-16(15)11-14-5-2-1-3-6-14/h1-3,5-6,8-9,15-17H,4,7,10-13H2,(H,19,20)/b9-8+/t15-,16-,17?/m1/s1. The van der Waals surface area contributed by atoms with Gasteiger partial charge in [-0.25, -0.2) is 0 Å². The Morgan fingerprint density at radius 3 is 2.95 bits per heavy atom. The van der Waals surface area contributed by atoms with Crippen LogP contribution >= 0.6 is 0 Å². The van der Waals surface area contributed by atoms with Gasteiger partial charge in [0.25, 0.3) is 0 Å². The van der Waals surface area contributed by atoms with Crippen molar-refractivity contribution in [3.8, 4) is 0 Å². The van der Waals surface area contributed by atoms with Crippen LogP contribution in [0.2, 0.25) is 0 Å². The van der Waals surface area contributed by atoms with E-state index >= 15 is 0 Å². The number of carbonyl (C=O) groups is 1. The molecule has 1 aromatic carbocycles. The van der Waals surface area contributed by atoms with E-state index in [1.807, 2.05) is 6.07 Å². The molecule has 0 aromatic heterocycles. The lowest BCUT2D eigenvalue weighted by atomic mass is 10.1. The molecule has 1 unspecified atom stereocenters. The van der Waals surface area contributed by atoms with Gasteiger partial charge >= 0.3 is 0 Å². The van der Waals surface area contributed by atoms with Crippen LogP contribution in [-0.2, 0) is 16.0 Å². The zero-order valence-electron chi connectivity index (χ0n) is 12.3. The van der Waals surface area contributed by atoms with Crippen LogP contribution < -0.4 is 5.32 Å². The van der Waals surface area contributed by atoms with E-state index < -0.39 is 0 Å². The van der Waals surface area contributed by atoms with Crippen molar-refractivity contribution in [3.63, 3.8) is 0 Å². The molecule has 0 spiro atoms. The number of hydrogen-bond acceptors (Lipinski definition) is 2. The molecule has 2 fully saturated rings. The minimum absolute atomic E-state index is 0.0101. The van der Waals surface area contributed by atoms with Crippen LogP contribution in [0.3, 0.4) is 0 Å². The Kier molecular flexibility index (Phi) is 4.71. The third-order valence-electron chi connectivity index (χ3n) is 4.34. The Labute approximate surface area is 126 Å². The molecule has 1 aliphatic heterocycles. The number of nitrogens with one attached hydrogen (secondary N) is 1. The lowest BCUT2D eigenvalue weighted by molar-refractivity contribution is -0.117. The molecule has 3 rings (SSSR count).